The summed E-state index contributed by atoms with van der Waals surface area (Å²) in [6, 6.07) is 5.15. The lowest BCUT2D eigenvalue weighted by atomic mass is 10.0. The molecule has 0 N–H and O–H groups in total. The van der Waals surface area contributed by atoms with Gasteiger partial charge in [0.1, 0.15) is 11.6 Å². The van der Waals surface area contributed by atoms with Gasteiger partial charge < -0.3 is 19.3 Å². The summed E-state index contributed by atoms with van der Waals surface area (Å²) in [5.74, 6) is -2.78. The number of hydrogen-bond donors (Lipinski definition) is 0. The minimum absolute atomic E-state index is 0.00707. The molecule has 1 heterocycles. The molecule has 0 spiro atoms. The Balaban J connectivity index is 2.41. The maximum Gasteiger partial charge on any atom is 0.296 e. The Morgan fingerprint density at radius 3 is 2.72 bits per heavy atom. The largest absolute Gasteiger partial charge is 0.493 e. The lowest BCUT2D eigenvalue weighted by Crippen LogP contribution is -2.52. The van der Waals surface area contributed by atoms with Crippen LogP contribution in [-0.4, -0.2) is 69.5 Å². The number of alkyl halides is 2. The maximum atomic E-state index is 14.3. The van der Waals surface area contributed by atoms with Gasteiger partial charge in [0.2, 0.25) is 0 Å². The molecule has 0 bridgehead atoms. The molecule has 136 valence electrons. The summed E-state index contributed by atoms with van der Waals surface area (Å²) in [6.45, 7) is 0.100. The quantitative estimate of drug-likeness (QED) is 0.602. The predicted octanol–water partition coefficient (Wildman–Crippen LogP) is 2.51. The average molecular weight is 352 g/mol. The number of nitrogens with zero attached hydrogens (tertiary/aromatic N) is 4. The van der Waals surface area contributed by atoms with Crippen LogP contribution < -0.4 is 9.47 Å². The van der Waals surface area contributed by atoms with Crippen molar-refractivity contribution in [1.29, 1.82) is 5.26 Å². The first-order valence-corrected chi connectivity index (χ1v) is 7.83. The Bertz CT molecular complexity index is 686. The number of rotatable bonds is 5. The Kier molecular flexibility index (Phi) is 5.80. The van der Waals surface area contributed by atoms with E-state index in [1.165, 1.54) is 13.4 Å². The second kappa shape index (κ2) is 7.66. The molecular weight excluding hydrogens is 330 g/mol. The van der Waals surface area contributed by atoms with E-state index in [1.807, 2.05) is 6.07 Å². The van der Waals surface area contributed by atoms with Gasteiger partial charge in [-0.25, -0.2) is 13.8 Å². The van der Waals surface area contributed by atoms with Crippen molar-refractivity contribution in [2.24, 2.45) is 4.99 Å². The zero-order chi connectivity index (χ0) is 18.6. The van der Waals surface area contributed by atoms with Crippen LogP contribution >= 0.6 is 0 Å². The summed E-state index contributed by atoms with van der Waals surface area (Å²) in [5.41, 5.74) is 0.412. The first-order chi connectivity index (χ1) is 11.8. The van der Waals surface area contributed by atoms with Gasteiger partial charge in [0.15, 0.2) is 17.6 Å². The molecule has 0 aliphatic carbocycles. The van der Waals surface area contributed by atoms with Crippen LogP contribution in [0.15, 0.2) is 17.1 Å². The molecule has 0 saturated carbocycles. The van der Waals surface area contributed by atoms with Gasteiger partial charge in [-0.05, 0) is 19.2 Å². The summed E-state index contributed by atoms with van der Waals surface area (Å²) < 4.78 is 39.4. The summed E-state index contributed by atoms with van der Waals surface area (Å²) in [6.07, 6.45) is 0.358. The fourth-order valence-electron chi connectivity index (χ4n) is 2.60. The van der Waals surface area contributed by atoms with Crippen LogP contribution in [0.5, 0.6) is 11.5 Å². The molecule has 0 radical (unpaired) electrons. The third-order valence-electron chi connectivity index (χ3n) is 3.84. The summed E-state index contributed by atoms with van der Waals surface area (Å²) in [4.78, 5) is 7.46. The molecule has 2 rings (SSSR count). The molecule has 1 aromatic carbocycles. The number of methoxy groups -OCH3 is 1. The number of aliphatic imine (C=N–C) groups is 1. The Morgan fingerprint density at radius 2 is 2.16 bits per heavy atom. The lowest BCUT2D eigenvalue weighted by Gasteiger charge is -2.36. The van der Waals surface area contributed by atoms with Gasteiger partial charge in [0, 0.05) is 27.1 Å². The van der Waals surface area contributed by atoms with Crippen molar-refractivity contribution in [3.05, 3.63) is 17.7 Å². The number of benzene rings is 1. The van der Waals surface area contributed by atoms with E-state index in [2.05, 4.69) is 4.99 Å². The van der Waals surface area contributed by atoms with Crippen LogP contribution in [0.25, 0.3) is 0 Å². The molecule has 0 amide bonds. The molecule has 0 aromatic heterocycles. The molecular formula is C17H22F2N4O2. The average Bonchev–Trinajstić information content (AvgIpc) is 2.54. The van der Waals surface area contributed by atoms with Crippen molar-refractivity contribution < 1.29 is 18.3 Å². The van der Waals surface area contributed by atoms with Gasteiger partial charge in [-0.1, -0.05) is 0 Å². The molecule has 1 unspecified atom stereocenters. The van der Waals surface area contributed by atoms with E-state index in [0.29, 0.717) is 12.2 Å². The highest BCUT2D eigenvalue weighted by Crippen LogP contribution is 2.40. The highest BCUT2D eigenvalue weighted by atomic mass is 19.3. The third kappa shape index (κ3) is 4.37. The topological polar surface area (TPSA) is 61.1 Å². The van der Waals surface area contributed by atoms with Gasteiger partial charge in [0.25, 0.3) is 5.92 Å². The molecule has 1 saturated heterocycles. The molecule has 8 heteroatoms. The fourth-order valence-corrected chi connectivity index (χ4v) is 2.60. The second-order valence-corrected chi connectivity index (χ2v) is 6.21. The fraction of sp³-hybridized carbons (Fsp3) is 0.529. The number of likely N-dealkylation sites (tertiary alicyclic amines) is 1. The number of halogens is 2. The van der Waals surface area contributed by atoms with Gasteiger partial charge >= 0.3 is 0 Å². The van der Waals surface area contributed by atoms with Crippen LogP contribution in [0.2, 0.25) is 0 Å². The van der Waals surface area contributed by atoms with Crippen LogP contribution in [0.1, 0.15) is 12.0 Å². The lowest BCUT2D eigenvalue weighted by molar-refractivity contribution is -0.135. The van der Waals surface area contributed by atoms with Crippen molar-refractivity contribution in [2.75, 3.05) is 41.3 Å². The van der Waals surface area contributed by atoms with E-state index in [4.69, 9.17) is 9.47 Å². The van der Waals surface area contributed by atoms with Gasteiger partial charge in [-0.2, -0.15) is 5.26 Å². The SMILES string of the molecule is COc1ccc(/N=C/N(C)C)c(C#N)c1OC1CCN(C)CC1(F)F. The van der Waals surface area contributed by atoms with E-state index in [1.54, 1.807) is 43.1 Å². The molecule has 1 aliphatic heterocycles. The van der Waals surface area contributed by atoms with E-state index >= 15 is 0 Å². The third-order valence-corrected chi connectivity index (χ3v) is 3.84. The van der Waals surface area contributed by atoms with E-state index in [9.17, 15) is 14.0 Å². The Hall–Kier alpha value is -2.40. The zero-order valence-corrected chi connectivity index (χ0v) is 14.8. The standard InChI is InChI=1S/C17H22F2N4O2/c1-22(2)11-21-13-5-6-14(24-4)16(12(13)9-20)25-15-7-8-23(3)10-17(15,18)19/h5-6,11,15H,7-8,10H2,1-4H3/b21-11+. The molecule has 1 aromatic rings. The summed E-state index contributed by atoms with van der Waals surface area (Å²) >= 11 is 0. The maximum absolute atomic E-state index is 14.3. The van der Waals surface area contributed by atoms with Gasteiger partial charge in [-0.15, -0.1) is 0 Å². The zero-order valence-electron chi connectivity index (χ0n) is 14.8. The monoisotopic (exact) mass is 352 g/mol. The molecule has 1 atom stereocenters. The van der Waals surface area contributed by atoms with Crippen molar-refractivity contribution >= 4 is 12.0 Å². The van der Waals surface area contributed by atoms with Crippen LogP contribution in [0, 0.1) is 11.3 Å². The Labute approximate surface area is 146 Å². The molecule has 6 nitrogen and oxygen atoms in total. The number of nitriles is 1. The van der Waals surface area contributed by atoms with E-state index in [-0.39, 0.29) is 30.0 Å². The Morgan fingerprint density at radius 1 is 1.44 bits per heavy atom. The van der Waals surface area contributed by atoms with Crippen molar-refractivity contribution in [2.45, 2.75) is 18.4 Å². The van der Waals surface area contributed by atoms with Crippen LogP contribution in [-0.2, 0) is 0 Å². The number of ether oxygens (including phenoxy) is 2. The van der Waals surface area contributed by atoms with Gasteiger partial charge in [0.05, 0.1) is 25.7 Å². The van der Waals surface area contributed by atoms with E-state index < -0.39 is 12.0 Å². The molecule has 25 heavy (non-hydrogen) atoms. The minimum atomic E-state index is -3.02. The smallest absolute Gasteiger partial charge is 0.296 e. The van der Waals surface area contributed by atoms with Crippen molar-refractivity contribution in [3.8, 4) is 17.6 Å². The summed E-state index contributed by atoms with van der Waals surface area (Å²) in [5, 5.41) is 9.52. The van der Waals surface area contributed by atoms with Crippen LogP contribution in [0.4, 0.5) is 14.5 Å². The molecule has 1 fully saturated rings. The highest BCUT2D eigenvalue weighted by molar-refractivity contribution is 5.70. The van der Waals surface area contributed by atoms with Crippen molar-refractivity contribution in [1.82, 2.24) is 9.80 Å². The highest BCUT2D eigenvalue weighted by Gasteiger charge is 2.46. The normalized spacial score (nSPS) is 20.3. The molecule has 1 aliphatic rings. The first kappa shape index (κ1) is 18.9. The predicted molar refractivity (Wildman–Crippen MR) is 91.0 cm³/mol. The van der Waals surface area contributed by atoms with Gasteiger partial charge in [-0.3, -0.25) is 0 Å². The first-order valence-electron chi connectivity index (χ1n) is 7.83. The number of hydrogen-bond acceptors (Lipinski definition) is 5. The van der Waals surface area contributed by atoms with E-state index in [0.717, 1.165) is 0 Å². The second-order valence-electron chi connectivity index (χ2n) is 6.21. The minimum Gasteiger partial charge on any atom is -0.493 e. The van der Waals surface area contributed by atoms with Crippen molar-refractivity contribution in [3.63, 3.8) is 0 Å². The van der Waals surface area contributed by atoms with Crippen LogP contribution in [0.3, 0.4) is 0 Å². The summed E-state index contributed by atoms with van der Waals surface area (Å²) in [7, 11) is 6.62. The number of piperidine rings is 1.